The van der Waals surface area contributed by atoms with Crippen LogP contribution in [0, 0.1) is 0 Å². The molecule has 12 heteroatoms. The van der Waals surface area contributed by atoms with Crippen LogP contribution in [0.4, 0.5) is 0 Å². The van der Waals surface area contributed by atoms with E-state index in [1.807, 2.05) is 0 Å². The largest absolute Gasteiger partial charge is 0.472 e. The Kier molecular flexibility index (Phi) is 61.4. The van der Waals surface area contributed by atoms with Crippen LogP contribution < -0.4 is 0 Å². The lowest BCUT2D eigenvalue weighted by Gasteiger charge is -2.21. The van der Waals surface area contributed by atoms with Crippen LogP contribution in [0.1, 0.15) is 355 Å². The topological polar surface area (TPSA) is 155 Å². The van der Waals surface area contributed by atoms with Crippen LogP contribution in [-0.2, 0) is 42.2 Å². The van der Waals surface area contributed by atoms with E-state index in [0.717, 1.165) is 77.0 Å². The summed E-state index contributed by atoms with van der Waals surface area (Å²) >= 11 is 0. The van der Waals surface area contributed by atoms with Crippen molar-refractivity contribution in [1.29, 1.82) is 0 Å². The molecule has 11 nitrogen and oxygen atoms in total. The standard InChI is InChI=1S/C68H129O11P/c1-4-7-10-13-16-19-22-25-28-30-32-34-37-40-43-46-49-52-55-58-67(71)78-64(60-69)62-76-80(73,74)77-63-65(61-75-66(70)57-54-51-48-45-42-39-36-27-24-21-18-15-12-9-6-3)79-68(72)59-56-53-50-47-44-41-38-35-33-31-29-26-23-20-17-14-11-8-5-2/h26-27,29,36,64-65,69H,4-25,28,30-35,37-63H2,1-3H3,(H,73,74)/b29-26-,36-27-. The summed E-state index contributed by atoms with van der Waals surface area (Å²) < 4.78 is 39.8. The van der Waals surface area contributed by atoms with E-state index < -0.39 is 57.8 Å². The number of esters is 3. The van der Waals surface area contributed by atoms with Crippen LogP contribution >= 0.6 is 7.82 Å². The highest BCUT2D eigenvalue weighted by molar-refractivity contribution is 7.47. The molecule has 0 spiro atoms. The minimum Gasteiger partial charge on any atom is -0.462 e. The van der Waals surface area contributed by atoms with Crippen LogP contribution in [0.2, 0.25) is 0 Å². The first-order valence-corrected chi connectivity index (χ1v) is 35.7. The van der Waals surface area contributed by atoms with E-state index in [1.165, 1.54) is 218 Å². The zero-order valence-corrected chi connectivity index (χ0v) is 53.5. The maximum absolute atomic E-state index is 13.0. The summed E-state index contributed by atoms with van der Waals surface area (Å²) in [6.07, 6.45) is 67.0. The maximum Gasteiger partial charge on any atom is 0.472 e. The molecule has 0 aliphatic heterocycles. The van der Waals surface area contributed by atoms with Gasteiger partial charge in [-0.2, -0.15) is 0 Å². The first kappa shape index (κ1) is 78.0. The van der Waals surface area contributed by atoms with E-state index in [1.54, 1.807) is 0 Å². The van der Waals surface area contributed by atoms with Crippen molar-refractivity contribution in [2.75, 3.05) is 26.4 Å². The molecule has 0 bridgehead atoms. The van der Waals surface area contributed by atoms with Gasteiger partial charge in [-0.15, -0.1) is 0 Å². The Morgan fingerprint density at radius 2 is 0.575 bits per heavy atom. The lowest BCUT2D eigenvalue weighted by Crippen LogP contribution is -2.30. The highest BCUT2D eigenvalue weighted by Gasteiger charge is 2.28. The van der Waals surface area contributed by atoms with Crippen molar-refractivity contribution in [2.24, 2.45) is 0 Å². The monoisotopic (exact) mass is 1150 g/mol. The van der Waals surface area contributed by atoms with Crippen molar-refractivity contribution < 1.29 is 52.2 Å². The van der Waals surface area contributed by atoms with Gasteiger partial charge in [-0.25, -0.2) is 4.57 Å². The molecule has 0 saturated carbocycles. The molecule has 0 heterocycles. The molecule has 0 fully saturated rings. The summed E-state index contributed by atoms with van der Waals surface area (Å²) in [6.45, 7) is 4.72. The summed E-state index contributed by atoms with van der Waals surface area (Å²) in [4.78, 5) is 48.8. The van der Waals surface area contributed by atoms with Crippen LogP contribution in [-0.4, -0.2) is 66.5 Å². The molecular weight excluding hydrogens is 1020 g/mol. The minimum absolute atomic E-state index is 0.169. The highest BCUT2D eigenvalue weighted by Crippen LogP contribution is 2.43. The number of hydrogen-bond donors (Lipinski definition) is 2. The van der Waals surface area contributed by atoms with E-state index in [0.29, 0.717) is 19.3 Å². The number of aliphatic hydroxyl groups is 1. The van der Waals surface area contributed by atoms with E-state index in [2.05, 4.69) is 45.1 Å². The zero-order chi connectivity index (χ0) is 58.3. The fraction of sp³-hybridized carbons (Fsp3) is 0.897. The third-order valence-corrected chi connectivity index (χ3v) is 16.3. The second-order valence-corrected chi connectivity index (χ2v) is 24.8. The number of hydrogen-bond acceptors (Lipinski definition) is 10. The first-order valence-electron chi connectivity index (χ1n) is 34.2. The fourth-order valence-corrected chi connectivity index (χ4v) is 10.9. The number of rotatable bonds is 65. The van der Waals surface area contributed by atoms with Gasteiger partial charge >= 0.3 is 25.7 Å². The second kappa shape index (κ2) is 63.0. The molecule has 0 aromatic rings. The number of phosphoric ester groups is 1. The van der Waals surface area contributed by atoms with Gasteiger partial charge in [0.15, 0.2) is 6.10 Å². The number of ether oxygens (including phenoxy) is 3. The lowest BCUT2D eigenvalue weighted by molar-refractivity contribution is -0.161. The van der Waals surface area contributed by atoms with Gasteiger partial charge in [0, 0.05) is 19.3 Å². The molecule has 3 atom stereocenters. The molecule has 0 saturated heterocycles. The molecule has 0 aliphatic carbocycles. The molecule has 2 N–H and O–H groups in total. The van der Waals surface area contributed by atoms with E-state index >= 15 is 0 Å². The third kappa shape index (κ3) is 60.5. The summed E-state index contributed by atoms with van der Waals surface area (Å²) in [5.41, 5.74) is 0. The van der Waals surface area contributed by atoms with Gasteiger partial charge < -0.3 is 24.2 Å². The molecule has 80 heavy (non-hydrogen) atoms. The average molecular weight is 1150 g/mol. The van der Waals surface area contributed by atoms with Gasteiger partial charge in [-0.1, -0.05) is 289 Å². The smallest absolute Gasteiger partial charge is 0.462 e. The molecule has 472 valence electrons. The Labute approximate surface area is 493 Å². The zero-order valence-electron chi connectivity index (χ0n) is 52.6. The highest BCUT2D eigenvalue weighted by atomic mass is 31.2. The van der Waals surface area contributed by atoms with Gasteiger partial charge in [0.05, 0.1) is 19.8 Å². The summed E-state index contributed by atoms with van der Waals surface area (Å²) in [5, 5.41) is 9.87. The van der Waals surface area contributed by atoms with Crippen molar-refractivity contribution in [3.05, 3.63) is 24.3 Å². The Bertz CT molecular complexity index is 1440. The van der Waals surface area contributed by atoms with Gasteiger partial charge in [-0.3, -0.25) is 23.4 Å². The van der Waals surface area contributed by atoms with Crippen molar-refractivity contribution >= 4 is 25.7 Å². The molecule has 0 aliphatic rings. The number of carbonyl (C=O) groups is 3. The van der Waals surface area contributed by atoms with Crippen molar-refractivity contribution in [2.45, 2.75) is 367 Å². The summed E-state index contributed by atoms with van der Waals surface area (Å²) in [7, 11) is -4.75. The lowest BCUT2D eigenvalue weighted by atomic mass is 10.0. The van der Waals surface area contributed by atoms with Crippen molar-refractivity contribution in [3.8, 4) is 0 Å². The SMILES string of the molecule is CCCCCCCC/C=C\CCCCCCCCCCCC(=O)OC(COC(=O)CCCCCCC/C=C\CCCCCCCC)COP(=O)(O)OCC(CO)OC(=O)CCCCCCCCCCCCCCCCCCCCC. The number of phosphoric acid groups is 1. The van der Waals surface area contributed by atoms with Gasteiger partial charge in [0.2, 0.25) is 0 Å². The van der Waals surface area contributed by atoms with E-state index in [9.17, 15) is 28.9 Å². The van der Waals surface area contributed by atoms with Crippen molar-refractivity contribution in [3.63, 3.8) is 0 Å². The Morgan fingerprint density at radius 3 is 0.863 bits per heavy atom. The number of unbranched alkanes of at least 4 members (excludes halogenated alkanes) is 44. The van der Waals surface area contributed by atoms with Gasteiger partial charge in [-0.05, 0) is 70.6 Å². The molecule has 3 unspecified atom stereocenters. The van der Waals surface area contributed by atoms with E-state index in [4.69, 9.17) is 23.3 Å². The molecule has 0 radical (unpaired) electrons. The Balaban J connectivity index is 4.61. The molecule has 0 amide bonds. The van der Waals surface area contributed by atoms with Gasteiger partial charge in [0.25, 0.3) is 0 Å². The maximum atomic E-state index is 13.0. The quantitative estimate of drug-likeness (QED) is 0.0197. The average Bonchev–Trinajstić information content (AvgIpc) is 3.45. The van der Waals surface area contributed by atoms with Crippen LogP contribution in [0.3, 0.4) is 0 Å². The minimum atomic E-state index is -4.75. The van der Waals surface area contributed by atoms with Gasteiger partial charge in [0.1, 0.15) is 12.7 Å². The number of carbonyl (C=O) groups excluding carboxylic acids is 3. The fourth-order valence-electron chi connectivity index (χ4n) is 10.1. The van der Waals surface area contributed by atoms with Crippen LogP contribution in [0.25, 0.3) is 0 Å². The predicted octanol–water partition coefficient (Wildman–Crippen LogP) is 20.9. The molecule has 0 aromatic carbocycles. The Hall–Kier alpha value is -2.04. The molecule has 0 rings (SSSR count). The number of allylic oxidation sites excluding steroid dienone is 4. The van der Waals surface area contributed by atoms with Crippen molar-refractivity contribution in [1.82, 2.24) is 0 Å². The molecular formula is C68H129O11P. The normalized spacial score (nSPS) is 13.3. The Morgan fingerprint density at radius 1 is 0.338 bits per heavy atom. The summed E-state index contributed by atoms with van der Waals surface area (Å²) in [6, 6.07) is 0. The van der Waals surface area contributed by atoms with Crippen LogP contribution in [0.15, 0.2) is 24.3 Å². The van der Waals surface area contributed by atoms with Crippen LogP contribution in [0.5, 0.6) is 0 Å². The number of aliphatic hydroxyl groups excluding tert-OH is 1. The molecule has 0 aromatic heterocycles. The first-order chi connectivity index (χ1) is 39.2. The van der Waals surface area contributed by atoms with E-state index in [-0.39, 0.29) is 25.9 Å². The second-order valence-electron chi connectivity index (χ2n) is 23.3. The third-order valence-electron chi connectivity index (χ3n) is 15.3. The summed E-state index contributed by atoms with van der Waals surface area (Å²) in [5.74, 6) is -1.44. The predicted molar refractivity (Wildman–Crippen MR) is 335 cm³/mol.